The third-order valence-corrected chi connectivity index (χ3v) is 4.42. The topological polar surface area (TPSA) is 77.8 Å². The minimum atomic E-state index is -0.122. The first kappa shape index (κ1) is 12.4. The van der Waals surface area contributed by atoms with Crippen molar-refractivity contribution in [3.8, 4) is 11.3 Å². The van der Waals surface area contributed by atoms with Crippen molar-refractivity contribution in [3.05, 3.63) is 34.1 Å². The van der Waals surface area contributed by atoms with E-state index in [9.17, 15) is 0 Å². The van der Waals surface area contributed by atoms with Crippen molar-refractivity contribution >= 4 is 27.4 Å². The first-order chi connectivity index (χ1) is 8.92. The summed E-state index contributed by atoms with van der Waals surface area (Å²) in [6, 6.07) is 3.99. The highest BCUT2D eigenvalue weighted by molar-refractivity contribution is 9.10. The molecule has 1 aliphatic carbocycles. The van der Waals surface area contributed by atoms with E-state index < -0.39 is 0 Å². The summed E-state index contributed by atoms with van der Waals surface area (Å²) < 4.78 is 0.924. The predicted octanol–water partition coefficient (Wildman–Crippen LogP) is 2.90. The van der Waals surface area contributed by atoms with E-state index >= 15 is 0 Å². The summed E-state index contributed by atoms with van der Waals surface area (Å²) in [6.07, 6.45) is 2.34. The highest BCUT2D eigenvalue weighted by Crippen LogP contribution is 2.46. The van der Waals surface area contributed by atoms with Crippen molar-refractivity contribution in [3.63, 3.8) is 0 Å². The maximum Gasteiger partial charge on any atom is 0.131 e. The van der Waals surface area contributed by atoms with Crippen LogP contribution in [-0.2, 0) is 11.8 Å². The van der Waals surface area contributed by atoms with Crippen LogP contribution in [0.25, 0.3) is 11.3 Å². The average molecular weight is 319 g/mol. The lowest BCUT2D eigenvalue weighted by Gasteiger charge is -2.34. The Balaban J connectivity index is 2.39. The zero-order valence-corrected chi connectivity index (χ0v) is 12.5. The van der Waals surface area contributed by atoms with Gasteiger partial charge < -0.3 is 11.5 Å². The van der Waals surface area contributed by atoms with Crippen LogP contribution >= 0.6 is 15.9 Å². The molecule has 1 aliphatic rings. The smallest absolute Gasteiger partial charge is 0.131 e. The average Bonchev–Trinajstić information content (AvgIpc) is 2.34. The van der Waals surface area contributed by atoms with Gasteiger partial charge in [0.25, 0.3) is 0 Å². The van der Waals surface area contributed by atoms with Crippen LogP contribution in [0.4, 0.5) is 11.5 Å². The van der Waals surface area contributed by atoms with E-state index in [1.54, 1.807) is 0 Å². The number of fused-ring (bicyclic) bond motifs is 3. The van der Waals surface area contributed by atoms with Gasteiger partial charge in [-0.3, -0.25) is 0 Å². The summed E-state index contributed by atoms with van der Waals surface area (Å²) in [5.41, 5.74) is 17.0. The minimum Gasteiger partial charge on any atom is -0.398 e. The van der Waals surface area contributed by atoms with Crippen molar-refractivity contribution in [1.29, 1.82) is 0 Å². The molecule has 2 aromatic rings. The highest BCUT2D eigenvalue weighted by Gasteiger charge is 2.35. The molecule has 19 heavy (non-hydrogen) atoms. The van der Waals surface area contributed by atoms with Gasteiger partial charge in [0.15, 0.2) is 0 Å². The van der Waals surface area contributed by atoms with Gasteiger partial charge in [-0.1, -0.05) is 19.9 Å². The molecule has 1 aromatic heterocycles. The lowest BCUT2D eigenvalue weighted by atomic mass is 9.71. The number of nitrogen functional groups attached to an aromatic ring is 2. The highest BCUT2D eigenvalue weighted by atomic mass is 79.9. The fourth-order valence-corrected chi connectivity index (χ4v) is 3.22. The lowest BCUT2D eigenvalue weighted by molar-refractivity contribution is 0.515. The lowest BCUT2D eigenvalue weighted by Crippen LogP contribution is -2.29. The van der Waals surface area contributed by atoms with Gasteiger partial charge in [-0.2, -0.15) is 0 Å². The van der Waals surface area contributed by atoms with Gasteiger partial charge in [0, 0.05) is 21.3 Å². The summed E-state index contributed by atoms with van der Waals surface area (Å²) in [5.74, 6) is 0.558. The maximum atomic E-state index is 6.20. The number of aromatic nitrogens is 2. The molecule has 0 atom stereocenters. The fourth-order valence-electron chi connectivity index (χ4n) is 2.85. The summed E-state index contributed by atoms with van der Waals surface area (Å²) in [4.78, 5) is 8.55. The van der Waals surface area contributed by atoms with Crippen LogP contribution in [0, 0.1) is 0 Å². The molecule has 3 rings (SSSR count). The molecular formula is C14H15BrN4. The van der Waals surface area contributed by atoms with Gasteiger partial charge >= 0.3 is 0 Å². The number of nitrogens with zero attached hydrogens (tertiary/aromatic N) is 2. The Morgan fingerprint density at radius 2 is 1.95 bits per heavy atom. The van der Waals surface area contributed by atoms with Crippen molar-refractivity contribution < 1.29 is 0 Å². The molecule has 0 spiro atoms. The third-order valence-electron chi connectivity index (χ3n) is 3.73. The molecule has 0 radical (unpaired) electrons. The zero-order valence-electron chi connectivity index (χ0n) is 10.9. The first-order valence-electron chi connectivity index (χ1n) is 6.10. The van der Waals surface area contributed by atoms with Crippen LogP contribution in [0.1, 0.15) is 25.0 Å². The first-order valence-corrected chi connectivity index (χ1v) is 6.89. The molecule has 0 fully saturated rings. The second kappa shape index (κ2) is 3.93. The Morgan fingerprint density at radius 3 is 2.68 bits per heavy atom. The van der Waals surface area contributed by atoms with Crippen molar-refractivity contribution in [1.82, 2.24) is 9.97 Å². The van der Waals surface area contributed by atoms with Crippen molar-refractivity contribution in [2.24, 2.45) is 0 Å². The number of anilines is 2. The number of hydrogen-bond donors (Lipinski definition) is 2. The third kappa shape index (κ3) is 1.72. The van der Waals surface area contributed by atoms with Gasteiger partial charge in [-0.05, 0) is 39.4 Å². The second-order valence-corrected chi connectivity index (χ2v) is 6.38. The normalized spacial score (nSPS) is 15.7. The molecule has 0 aliphatic heterocycles. The van der Waals surface area contributed by atoms with Crippen LogP contribution in [0.5, 0.6) is 0 Å². The molecule has 5 heteroatoms. The Bertz CT molecular complexity index is 679. The van der Waals surface area contributed by atoms with Crippen LogP contribution in [0.3, 0.4) is 0 Å². The van der Waals surface area contributed by atoms with Gasteiger partial charge in [0.2, 0.25) is 0 Å². The molecule has 0 saturated carbocycles. The van der Waals surface area contributed by atoms with Crippen LogP contribution in [0.2, 0.25) is 0 Å². The molecule has 1 heterocycles. The molecule has 0 amide bonds. The van der Waals surface area contributed by atoms with E-state index in [0.717, 1.165) is 39.0 Å². The largest absolute Gasteiger partial charge is 0.398 e. The molecule has 0 saturated heterocycles. The van der Waals surface area contributed by atoms with Crippen LogP contribution < -0.4 is 11.5 Å². The van der Waals surface area contributed by atoms with E-state index in [4.69, 9.17) is 11.5 Å². The molecule has 1 aromatic carbocycles. The SMILES string of the molecule is CC1(C)Cc2c(ccc(Br)c2N)-c2ncnc(N)c21. The Labute approximate surface area is 120 Å². The summed E-state index contributed by atoms with van der Waals surface area (Å²) in [5, 5.41) is 0. The van der Waals surface area contributed by atoms with Gasteiger partial charge in [-0.15, -0.1) is 0 Å². The summed E-state index contributed by atoms with van der Waals surface area (Å²) in [7, 11) is 0. The van der Waals surface area contributed by atoms with Crippen LogP contribution in [0.15, 0.2) is 22.9 Å². The number of hydrogen-bond acceptors (Lipinski definition) is 4. The molecule has 98 valence electrons. The van der Waals surface area contributed by atoms with Gasteiger partial charge in [0.05, 0.1) is 5.69 Å². The molecule has 4 nitrogen and oxygen atoms in total. The van der Waals surface area contributed by atoms with E-state index in [0.29, 0.717) is 5.82 Å². The van der Waals surface area contributed by atoms with Gasteiger partial charge in [-0.25, -0.2) is 9.97 Å². The molecule has 4 N–H and O–H groups in total. The monoisotopic (exact) mass is 318 g/mol. The van der Waals surface area contributed by atoms with Crippen molar-refractivity contribution in [2.75, 3.05) is 11.5 Å². The molecular weight excluding hydrogens is 304 g/mol. The summed E-state index contributed by atoms with van der Waals surface area (Å²) >= 11 is 3.48. The van der Waals surface area contributed by atoms with E-state index in [-0.39, 0.29) is 5.41 Å². The standard InChI is InChI=1S/C14H15BrN4/c1-14(2)5-8-7(3-4-9(15)11(8)16)12-10(14)13(17)19-6-18-12/h3-4,6H,5,16H2,1-2H3,(H2,17,18,19). The van der Waals surface area contributed by atoms with E-state index in [2.05, 4.69) is 39.7 Å². The predicted molar refractivity (Wildman–Crippen MR) is 80.7 cm³/mol. The van der Waals surface area contributed by atoms with E-state index in [1.165, 1.54) is 6.33 Å². The van der Waals surface area contributed by atoms with Gasteiger partial charge in [0.1, 0.15) is 12.1 Å². The van der Waals surface area contributed by atoms with E-state index in [1.807, 2.05) is 12.1 Å². The number of rotatable bonds is 0. The fraction of sp³-hybridized carbons (Fsp3) is 0.286. The van der Waals surface area contributed by atoms with Crippen molar-refractivity contribution in [2.45, 2.75) is 25.7 Å². The maximum absolute atomic E-state index is 6.20. The minimum absolute atomic E-state index is 0.122. The zero-order chi connectivity index (χ0) is 13.8. The number of halogens is 1. The second-order valence-electron chi connectivity index (χ2n) is 5.53. The quantitative estimate of drug-likeness (QED) is 0.732. The van der Waals surface area contributed by atoms with Crippen LogP contribution in [-0.4, -0.2) is 9.97 Å². The molecule has 0 unspecified atom stereocenters. The number of benzene rings is 1. The Kier molecular flexibility index (Phi) is 2.57. The number of nitrogens with two attached hydrogens (primary N) is 2. The Morgan fingerprint density at radius 1 is 1.21 bits per heavy atom. The Hall–Kier alpha value is -1.62. The molecule has 0 bridgehead atoms. The summed E-state index contributed by atoms with van der Waals surface area (Å²) in [6.45, 7) is 4.30.